The zero-order valence-electron chi connectivity index (χ0n) is 13.3. The second-order valence-electron chi connectivity index (χ2n) is 5.34. The first kappa shape index (κ1) is 16.8. The van der Waals surface area contributed by atoms with Crippen molar-refractivity contribution in [2.24, 2.45) is 0 Å². The summed E-state index contributed by atoms with van der Waals surface area (Å²) in [4.78, 5) is 23.8. The summed E-state index contributed by atoms with van der Waals surface area (Å²) in [5.41, 5.74) is 1.02. The highest BCUT2D eigenvalue weighted by Crippen LogP contribution is 2.30. The minimum absolute atomic E-state index is 0.223. The Labute approximate surface area is 143 Å². The minimum atomic E-state index is -0.631. The van der Waals surface area contributed by atoms with Gasteiger partial charge in [-0.25, -0.2) is 9.18 Å². The van der Waals surface area contributed by atoms with Gasteiger partial charge in [-0.05, 0) is 35.9 Å². The number of hydrogen-bond acceptors (Lipinski definition) is 5. The Hall–Kier alpha value is -3.09. The Bertz CT molecular complexity index is 776. The maximum absolute atomic E-state index is 12.8. The molecule has 3 rings (SSSR count). The van der Waals surface area contributed by atoms with Crippen LogP contribution in [0.5, 0.6) is 11.5 Å². The predicted molar refractivity (Wildman–Crippen MR) is 86.0 cm³/mol. The van der Waals surface area contributed by atoms with E-state index in [2.05, 4.69) is 5.32 Å². The largest absolute Gasteiger partial charge is 0.486 e. The fraction of sp³-hybridized carbons (Fsp3) is 0.222. The first-order valence-electron chi connectivity index (χ1n) is 7.70. The zero-order chi connectivity index (χ0) is 17.6. The molecule has 0 spiro atoms. The quantitative estimate of drug-likeness (QED) is 0.840. The van der Waals surface area contributed by atoms with E-state index in [1.165, 1.54) is 18.2 Å². The molecule has 0 unspecified atom stereocenters. The Kier molecular flexibility index (Phi) is 5.13. The number of ether oxygens (including phenoxy) is 3. The van der Waals surface area contributed by atoms with Crippen molar-refractivity contribution in [3.8, 4) is 11.5 Å². The summed E-state index contributed by atoms with van der Waals surface area (Å²) in [5, 5.41) is 2.59. The second-order valence-corrected chi connectivity index (χ2v) is 5.34. The Morgan fingerprint density at radius 2 is 1.76 bits per heavy atom. The number of esters is 1. The number of amides is 1. The SMILES string of the molecule is O=C(COC(=O)c1ccc2c(c1)OCCO2)NCc1ccc(F)cc1. The van der Waals surface area contributed by atoms with Gasteiger partial charge in [0.05, 0.1) is 5.56 Å². The Balaban J connectivity index is 1.48. The van der Waals surface area contributed by atoms with Crippen molar-refractivity contribution in [2.45, 2.75) is 6.54 Å². The summed E-state index contributed by atoms with van der Waals surface area (Å²) >= 11 is 0. The van der Waals surface area contributed by atoms with Crippen molar-refractivity contribution in [1.29, 1.82) is 0 Å². The zero-order valence-corrected chi connectivity index (χ0v) is 13.3. The van der Waals surface area contributed by atoms with Crippen LogP contribution in [0.2, 0.25) is 0 Å². The first-order chi connectivity index (χ1) is 12.1. The average molecular weight is 345 g/mol. The van der Waals surface area contributed by atoms with E-state index in [1.807, 2.05) is 0 Å². The molecule has 0 saturated heterocycles. The maximum Gasteiger partial charge on any atom is 0.338 e. The lowest BCUT2D eigenvalue weighted by molar-refractivity contribution is -0.124. The van der Waals surface area contributed by atoms with Crippen LogP contribution in [0.15, 0.2) is 42.5 Å². The Morgan fingerprint density at radius 3 is 2.52 bits per heavy atom. The number of nitrogens with one attached hydrogen (secondary N) is 1. The summed E-state index contributed by atoms with van der Waals surface area (Å²) in [6.07, 6.45) is 0. The number of hydrogen-bond donors (Lipinski definition) is 1. The molecule has 0 radical (unpaired) electrons. The molecular formula is C18H16FNO5. The van der Waals surface area contributed by atoms with Crippen LogP contribution in [0.25, 0.3) is 0 Å². The first-order valence-corrected chi connectivity index (χ1v) is 7.70. The van der Waals surface area contributed by atoms with Crippen molar-refractivity contribution in [2.75, 3.05) is 19.8 Å². The lowest BCUT2D eigenvalue weighted by atomic mass is 10.2. The van der Waals surface area contributed by atoms with Crippen molar-refractivity contribution >= 4 is 11.9 Å². The van der Waals surface area contributed by atoms with Crippen LogP contribution in [0.3, 0.4) is 0 Å². The van der Waals surface area contributed by atoms with E-state index >= 15 is 0 Å². The van der Waals surface area contributed by atoms with Crippen molar-refractivity contribution in [3.63, 3.8) is 0 Å². The molecule has 0 aliphatic carbocycles. The molecule has 6 nitrogen and oxygen atoms in total. The van der Waals surface area contributed by atoms with Crippen LogP contribution in [0.1, 0.15) is 15.9 Å². The normalized spacial score (nSPS) is 12.4. The highest BCUT2D eigenvalue weighted by Gasteiger charge is 2.16. The molecule has 130 valence electrons. The molecule has 0 saturated carbocycles. The van der Waals surface area contributed by atoms with Gasteiger partial charge in [0.2, 0.25) is 0 Å². The molecular weight excluding hydrogens is 329 g/mol. The van der Waals surface area contributed by atoms with Crippen LogP contribution in [-0.4, -0.2) is 31.7 Å². The molecule has 1 heterocycles. The summed E-state index contributed by atoms with van der Waals surface area (Å²) in [6, 6.07) is 10.4. The van der Waals surface area contributed by atoms with Gasteiger partial charge in [0, 0.05) is 6.54 Å². The molecule has 7 heteroatoms. The topological polar surface area (TPSA) is 73.9 Å². The van der Waals surface area contributed by atoms with Crippen LogP contribution in [-0.2, 0) is 16.1 Å². The average Bonchev–Trinajstić information content (AvgIpc) is 2.65. The molecule has 2 aromatic carbocycles. The van der Waals surface area contributed by atoms with E-state index in [4.69, 9.17) is 14.2 Å². The molecule has 0 atom stereocenters. The van der Waals surface area contributed by atoms with Crippen molar-refractivity contribution < 1.29 is 28.2 Å². The fourth-order valence-corrected chi connectivity index (χ4v) is 2.24. The third-order valence-corrected chi connectivity index (χ3v) is 3.52. The van der Waals surface area contributed by atoms with Gasteiger partial charge >= 0.3 is 5.97 Å². The number of carbonyl (C=O) groups is 2. The van der Waals surface area contributed by atoms with Gasteiger partial charge in [0.1, 0.15) is 19.0 Å². The van der Waals surface area contributed by atoms with E-state index in [1.54, 1.807) is 24.3 Å². The monoisotopic (exact) mass is 345 g/mol. The number of fused-ring (bicyclic) bond motifs is 1. The van der Waals surface area contributed by atoms with Gasteiger partial charge in [-0.3, -0.25) is 4.79 Å². The highest BCUT2D eigenvalue weighted by molar-refractivity contribution is 5.92. The van der Waals surface area contributed by atoms with Gasteiger partial charge in [0.25, 0.3) is 5.91 Å². The van der Waals surface area contributed by atoms with Gasteiger partial charge < -0.3 is 19.5 Å². The molecule has 25 heavy (non-hydrogen) atoms. The van der Waals surface area contributed by atoms with Crippen molar-refractivity contribution in [3.05, 3.63) is 59.4 Å². The van der Waals surface area contributed by atoms with Crippen LogP contribution >= 0.6 is 0 Å². The minimum Gasteiger partial charge on any atom is -0.486 e. The van der Waals surface area contributed by atoms with Crippen LogP contribution in [0, 0.1) is 5.82 Å². The van der Waals surface area contributed by atoms with Gasteiger partial charge in [-0.2, -0.15) is 0 Å². The number of halogens is 1. The maximum atomic E-state index is 12.8. The number of benzene rings is 2. The second kappa shape index (κ2) is 7.65. The van der Waals surface area contributed by atoms with E-state index in [0.29, 0.717) is 24.7 Å². The number of rotatable bonds is 5. The summed E-state index contributed by atoms with van der Waals surface area (Å²) < 4.78 is 28.6. The molecule has 1 N–H and O–H groups in total. The summed E-state index contributed by atoms with van der Waals surface area (Å²) in [7, 11) is 0. The third-order valence-electron chi connectivity index (χ3n) is 3.52. The van der Waals surface area contributed by atoms with E-state index in [-0.39, 0.29) is 17.9 Å². The van der Waals surface area contributed by atoms with Crippen molar-refractivity contribution in [1.82, 2.24) is 5.32 Å². The number of carbonyl (C=O) groups excluding carboxylic acids is 2. The summed E-state index contributed by atoms with van der Waals surface area (Å²) in [5.74, 6) is -0.381. The molecule has 1 aliphatic heterocycles. The smallest absolute Gasteiger partial charge is 0.338 e. The van der Waals surface area contributed by atoms with E-state index in [0.717, 1.165) is 5.56 Å². The highest BCUT2D eigenvalue weighted by atomic mass is 19.1. The molecule has 0 fully saturated rings. The van der Waals surface area contributed by atoms with Crippen LogP contribution < -0.4 is 14.8 Å². The van der Waals surface area contributed by atoms with E-state index < -0.39 is 18.5 Å². The lowest BCUT2D eigenvalue weighted by Crippen LogP contribution is -2.28. The molecule has 0 bridgehead atoms. The van der Waals surface area contributed by atoms with Crippen LogP contribution in [0.4, 0.5) is 4.39 Å². The molecule has 1 amide bonds. The van der Waals surface area contributed by atoms with E-state index in [9.17, 15) is 14.0 Å². The third kappa shape index (κ3) is 4.47. The fourth-order valence-electron chi connectivity index (χ4n) is 2.24. The van der Waals surface area contributed by atoms with Gasteiger partial charge in [-0.15, -0.1) is 0 Å². The molecule has 0 aromatic heterocycles. The predicted octanol–water partition coefficient (Wildman–Crippen LogP) is 2.07. The van der Waals surface area contributed by atoms with Gasteiger partial charge in [0.15, 0.2) is 18.1 Å². The Morgan fingerprint density at radius 1 is 1.04 bits per heavy atom. The summed E-state index contributed by atoms with van der Waals surface area (Å²) in [6.45, 7) is 0.692. The lowest BCUT2D eigenvalue weighted by Gasteiger charge is -2.18. The van der Waals surface area contributed by atoms with Gasteiger partial charge in [-0.1, -0.05) is 12.1 Å². The molecule has 1 aliphatic rings. The molecule has 2 aromatic rings. The standard InChI is InChI=1S/C18H16FNO5/c19-14-4-1-12(2-5-14)10-20-17(21)11-25-18(22)13-3-6-15-16(9-13)24-8-7-23-15/h1-6,9H,7-8,10-11H2,(H,20,21).